The molecule has 1 aliphatic rings. The van der Waals surface area contributed by atoms with E-state index in [-0.39, 0.29) is 0 Å². The Morgan fingerprint density at radius 2 is 1.87 bits per heavy atom. The van der Waals surface area contributed by atoms with Gasteiger partial charge in [-0.25, -0.2) is 0 Å². The van der Waals surface area contributed by atoms with Crippen LogP contribution >= 0.6 is 0 Å². The number of rotatable bonds is 4. The molecule has 1 heteroatoms. The fourth-order valence-corrected chi connectivity index (χ4v) is 2.46. The van der Waals surface area contributed by atoms with Gasteiger partial charge in [0.15, 0.2) is 0 Å². The number of hydrogen-bond donors (Lipinski definition) is 0. The van der Waals surface area contributed by atoms with Gasteiger partial charge in [-0.3, -0.25) is 0 Å². The van der Waals surface area contributed by atoms with E-state index in [1.54, 1.807) is 0 Å². The van der Waals surface area contributed by atoms with Gasteiger partial charge in [0.1, 0.15) is 0 Å². The van der Waals surface area contributed by atoms with Gasteiger partial charge in [0.2, 0.25) is 0 Å². The number of hydrogen-bond acceptors (Lipinski definition) is 1. The molecule has 15 heavy (non-hydrogen) atoms. The third kappa shape index (κ3) is 5.55. The third-order valence-electron chi connectivity index (χ3n) is 3.40. The average molecular weight is 213 g/mol. The summed E-state index contributed by atoms with van der Waals surface area (Å²) in [5.41, 5.74) is 0. The highest BCUT2D eigenvalue weighted by Gasteiger charge is 2.24. The fraction of sp³-hybridized carbons (Fsp3) is 1.00. The van der Waals surface area contributed by atoms with Crippen LogP contribution in [0.3, 0.4) is 0 Å². The Morgan fingerprint density at radius 3 is 2.40 bits per heavy atom. The van der Waals surface area contributed by atoms with Crippen molar-refractivity contribution in [3.63, 3.8) is 0 Å². The monoisotopic (exact) mass is 213 g/mol. The second-order valence-corrected chi connectivity index (χ2v) is 4.55. The van der Waals surface area contributed by atoms with Crippen molar-refractivity contribution in [3.05, 3.63) is 0 Å². The molecule has 0 aromatic rings. The smallest absolute Gasteiger partial charge is 0.00976 e. The Labute approximate surface area is 97.2 Å². The van der Waals surface area contributed by atoms with E-state index in [9.17, 15) is 0 Å². The van der Waals surface area contributed by atoms with Crippen molar-refractivity contribution in [2.24, 2.45) is 5.92 Å². The van der Waals surface area contributed by atoms with E-state index in [0.29, 0.717) is 0 Å². The molecule has 0 saturated carbocycles. The van der Waals surface area contributed by atoms with Gasteiger partial charge < -0.3 is 4.90 Å². The van der Waals surface area contributed by atoms with Crippen LogP contribution in [0.2, 0.25) is 0 Å². The topological polar surface area (TPSA) is 3.24 Å². The van der Waals surface area contributed by atoms with Crippen molar-refractivity contribution in [1.29, 1.82) is 0 Å². The maximum atomic E-state index is 2.68. The Hall–Kier alpha value is -0.0400. The summed E-state index contributed by atoms with van der Waals surface area (Å²) >= 11 is 0. The molecule has 0 aliphatic carbocycles. The van der Waals surface area contributed by atoms with Crippen molar-refractivity contribution in [3.8, 4) is 0 Å². The molecule has 1 saturated heterocycles. The number of piperidine rings is 1. The molecule has 1 nitrogen and oxygen atoms in total. The SMILES string of the molecule is CC.CCCCC1CC(C)CCN1CC. The lowest BCUT2D eigenvalue weighted by atomic mass is 9.90. The zero-order valence-electron chi connectivity index (χ0n) is 11.6. The Kier molecular flexibility index (Phi) is 9.18. The second-order valence-electron chi connectivity index (χ2n) is 4.55. The molecule has 1 aliphatic heterocycles. The van der Waals surface area contributed by atoms with E-state index in [1.165, 1.54) is 45.2 Å². The lowest BCUT2D eigenvalue weighted by molar-refractivity contribution is 0.116. The van der Waals surface area contributed by atoms with Gasteiger partial charge in [-0.05, 0) is 38.3 Å². The Morgan fingerprint density at radius 1 is 1.20 bits per heavy atom. The molecule has 1 fully saturated rings. The van der Waals surface area contributed by atoms with Crippen molar-refractivity contribution in [2.45, 2.75) is 72.8 Å². The third-order valence-corrected chi connectivity index (χ3v) is 3.40. The molecule has 0 aromatic heterocycles. The maximum Gasteiger partial charge on any atom is 0.00976 e. The molecular weight excluding hydrogens is 182 g/mol. The summed E-state index contributed by atoms with van der Waals surface area (Å²) in [6.07, 6.45) is 7.04. The highest BCUT2D eigenvalue weighted by Crippen LogP contribution is 2.25. The van der Waals surface area contributed by atoms with Gasteiger partial charge in [-0.1, -0.05) is 47.5 Å². The number of likely N-dealkylation sites (tertiary alicyclic amines) is 1. The minimum absolute atomic E-state index is 0.897. The predicted octanol–water partition coefficient (Wildman–Crippen LogP) is 4.32. The highest BCUT2D eigenvalue weighted by atomic mass is 15.2. The summed E-state index contributed by atoms with van der Waals surface area (Å²) in [6, 6.07) is 0.897. The largest absolute Gasteiger partial charge is 0.301 e. The summed E-state index contributed by atoms with van der Waals surface area (Å²) in [6.45, 7) is 13.6. The predicted molar refractivity (Wildman–Crippen MR) is 70.3 cm³/mol. The van der Waals surface area contributed by atoms with Gasteiger partial charge in [-0.15, -0.1) is 0 Å². The van der Waals surface area contributed by atoms with Crippen LogP contribution in [-0.2, 0) is 0 Å². The fourth-order valence-electron chi connectivity index (χ4n) is 2.46. The van der Waals surface area contributed by atoms with Crippen molar-refractivity contribution >= 4 is 0 Å². The van der Waals surface area contributed by atoms with Crippen LogP contribution in [0.25, 0.3) is 0 Å². The van der Waals surface area contributed by atoms with E-state index >= 15 is 0 Å². The summed E-state index contributed by atoms with van der Waals surface area (Å²) in [7, 11) is 0. The Bertz CT molecular complexity index is 133. The molecule has 2 atom stereocenters. The first kappa shape index (κ1) is 15.0. The van der Waals surface area contributed by atoms with Crippen molar-refractivity contribution in [2.75, 3.05) is 13.1 Å². The minimum atomic E-state index is 0.897. The van der Waals surface area contributed by atoms with Crippen LogP contribution in [0.5, 0.6) is 0 Å². The zero-order valence-corrected chi connectivity index (χ0v) is 11.6. The molecule has 0 aromatic carbocycles. The number of unbranched alkanes of at least 4 members (excludes halogenated alkanes) is 1. The first-order valence-electron chi connectivity index (χ1n) is 7.02. The van der Waals surface area contributed by atoms with E-state index < -0.39 is 0 Å². The van der Waals surface area contributed by atoms with Crippen molar-refractivity contribution in [1.82, 2.24) is 4.90 Å². The summed E-state index contributed by atoms with van der Waals surface area (Å²) in [5, 5.41) is 0. The van der Waals surface area contributed by atoms with Crippen LogP contribution in [0.1, 0.15) is 66.7 Å². The molecular formula is C14H31N. The van der Waals surface area contributed by atoms with E-state index in [0.717, 1.165) is 12.0 Å². The number of nitrogens with zero attached hydrogens (tertiary/aromatic N) is 1. The summed E-state index contributed by atoms with van der Waals surface area (Å²) in [5.74, 6) is 0.963. The summed E-state index contributed by atoms with van der Waals surface area (Å²) < 4.78 is 0. The quantitative estimate of drug-likeness (QED) is 0.672. The van der Waals surface area contributed by atoms with Crippen LogP contribution in [-0.4, -0.2) is 24.0 Å². The van der Waals surface area contributed by atoms with E-state index in [4.69, 9.17) is 0 Å². The Balaban J connectivity index is 0.000000921. The van der Waals surface area contributed by atoms with Gasteiger partial charge in [0.25, 0.3) is 0 Å². The van der Waals surface area contributed by atoms with Gasteiger partial charge in [0.05, 0.1) is 0 Å². The lowest BCUT2D eigenvalue weighted by Gasteiger charge is -2.38. The molecule has 2 unspecified atom stereocenters. The molecule has 0 N–H and O–H groups in total. The van der Waals surface area contributed by atoms with Crippen LogP contribution < -0.4 is 0 Å². The van der Waals surface area contributed by atoms with E-state index in [1.807, 2.05) is 13.8 Å². The highest BCUT2D eigenvalue weighted by molar-refractivity contribution is 4.79. The maximum absolute atomic E-state index is 2.68. The zero-order chi connectivity index (χ0) is 11.7. The second kappa shape index (κ2) is 9.21. The minimum Gasteiger partial charge on any atom is -0.301 e. The molecule has 0 radical (unpaired) electrons. The molecule has 0 spiro atoms. The molecule has 0 bridgehead atoms. The van der Waals surface area contributed by atoms with Gasteiger partial charge in [0, 0.05) is 6.04 Å². The van der Waals surface area contributed by atoms with Crippen molar-refractivity contribution < 1.29 is 0 Å². The van der Waals surface area contributed by atoms with E-state index in [2.05, 4.69) is 25.7 Å². The van der Waals surface area contributed by atoms with Crippen LogP contribution in [0, 0.1) is 5.92 Å². The van der Waals surface area contributed by atoms with Gasteiger partial charge in [-0.2, -0.15) is 0 Å². The average Bonchev–Trinajstić information content (AvgIpc) is 2.29. The standard InChI is InChI=1S/C12H25N.C2H6/c1-4-6-7-12-10-11(3)8-9-13(12)5-2;1-2/h11-12H,4-10H2,1-3H3;1-2H3. The molecule has 1 heterocycles. The lowest BCUT2D eigenvalue weighted by Crippen LogP contribution is -2.41. The molecule has 0 amide bonds. The van der Waals surface area contributed by atoms with Gasteiger partial charge >= 0.3 is 0 Å². The van der Waals surface area contributed by atoms with Crippen LogP contribution in [0.4, 0.5) is 0 Å². The summed E-state index contributed by atoms with van der Waals surface area (Å²) in [4.78, 5) is 2.68. The first-order chi connectivity index (χ1) is 7.27. The normalized spacial score (nSPS) is 27.0. The first-order valence-corrected chi connectivity index (χ1v) is 7.02. The van der Waals surface area contributed by atoms with Crippen LogP contribution in [0.15, 0.2) is 0 Å². The molecule has 1 rings (SSSR count). The molecule has 92 valence electrons.